The Bertz CT molecular complexity index is 726. The van der Waals surface area contributed by atoms with Crippen LogP contribution < -0.4 is 4.57 Å². The van der Waals surface area contributed by atoms with Crippen molar-refractivity contribution in [2.24, 2.45) is 0 Å². The molecule has 1 nitrogen and oxygen atoms in total. The van der Waals surface area contributed by atoms with Gasteiger partial charge in [-0.2, -0.15) is 0 Å². The van der Waals surface area contributed by atoms with Crippen molar-refractivity contribution < 1.29 is 4.57 Å². The fourth-order valence-corrected chi connectivity index (χ4v) is 5.56. The SMILES string of the molecule is Cc1cc2[te]c(C)[n+](Cc3ccccc3)c2cc1C. The quantitative estimate of drug-likeness (QED) is 0.486. The third kappa shape index (κ3) is 2.48. The molecule has 2 aromatic carbocycles. The Morgan fingerprint density at radius 3 is 2.37 bits per heavy atom. The molecule has 1 aromatic heterocycles. The maximum atomic E-state index is 2.51. The number of hydrogen-bond donors (Lipinski definition) is 0. The van der Waals surface area contributed by atoms with E-state index in [9.17, 15) is 0 Å². The first kappa shape index (κ1) is 12.9. The normalized spacial score (nSPS) is 11.1. The molecular weight excluding hydrogens is 346 g/mol. The molecule has 0 bridgehead atoms. The van der Waals surface area contributed by atoms with E-state index in [-0.39, 0.29) is 20.4 Å². The molecule has 2 heteroatoms. The van der Waals surface area contributed by atoms with E-state index in [4.69, 9.17) is 0 Å². The molecular formula is C17H18NTe+. The summed E-state index contributed by atoms with van der Waals surface area (Å²) in [5, 5.41) is 0. The first-order chi connectivity index (χ1) is 9.15. The molecule has 0 unspecified atom stereocenters. The fraction of sp³-hybridized carbons (Fsp3) is 0.235. The molecule has 0 saturated heterocycles. The zero-order chi connectivity index (χ0) is 13.4. The van der Waals surface area contributed by atoms with Crippen LogP contribution in [-0.2, 0) is 6.54 Å². The van der Waals surface area contributed by atoms with E-state index in [0.717, 1.165) is 6.54 Å². The number of aromatic nitrogens is 1. The van der Waals surface area contributed by atoms with E-state index in [1.54, 1.807) is 7.11 Å². The molecule has 0 amide bonds. The van der Waals surface area contributed by atoms with Gasteiger partial charge in [0.15, 0.2) is 0 Å². The zero-order valence-electron chi connectivity index (χ0n) is 11.6. The molecule has 0 aliphatic carbocycles. The second kappa shape index (κ2) is 5.12. The van der Waals surface area contributed by atoms with Gasteiger partial charge >= 0.3 is 124 Å². The summed E-state index contributed by atoms with van der Waals surface area (Å²) in [5.41, 5.74) is 5.67. The van der Waals surface area contributed by atoms with Crippen molar-refractivity contribution in [3.63, 3.8) is 0 Å². The van der Waals surface area contributed by atoms with Crippen LogP contribution >= 0.6 is 0 Å². The molecule has 0 atom stereocenters. The van der Waals surface area contributed by atoms with Gasteiger partial charge in [-0.1, -0.05) is 0 Å². The van der Waals surface area contributed by atoms with Crippen LogP contribution in [0.2, 0.25) is 0 Å². The van der Waals surface area contributed by atoms with Crippen LogP contribution in [0.3, 0.4) is 0 Å². The van der Waals surface area contributed by atoms with Gasteiger partial charge < -0.3 is 0 Å². The third-order valence-corrected chi connectivity index (χ3v) is 6.72. The van der Waals surface area contributed by atoms with Crippen molar-refractivity contribution in [1.82, 2.24) is 0 Å². The van der Waals surface area contributed by atoms with E-state index in [2.05, 4.69) is 67.8 Å². The van der Waals surface area contributed by atoms with Crippen LogP contribution in [0.1, 0.15) is 20.4 Å². The topological polar surface area (TPSA) is 3.88 Å². The van der Waals surface area contributed by atoms with Gasteiger partial charge in [-0.05, 0) is 0 Å². The fourth-order valence-electron chi connectivity index (χ4n) is 2.41. The van der Waals surface area contributed by atoms with Gasteiger partial charge in [-0.15, -0.1) is 0 Å². The van der Waals surface area contributed by atoms with Crippen LogP contribution in [0.25, 0.3) is 8.92 Å². The van der Waals surface area contributed by atoms with E-state index in [1.807, 2.05) is 0 Å². The van der Waals surface area contributed by atoms with Gasteiger partial charge in [-0.3, -0.25) is 0 Å². The molecule has 1 heterocycles. The number of fused-ring (bicyclic) bond motifs is 1. The molecule has 3 rings (SSSR count). The summed E-state index contributed by atoms with van der Waals surface area (Å²) < 4.78 is 5.69. The number of rotatable bonds is 2. The molecule has 96 valence electrons. The minimum atomic E-state index is -0.157. The van der Waals surface area contributed by atoms with Gasteiger partial charge in [0.1, 0.15) is 0 Å². The summed E-state index contributed by atoms with van der Waals surface area (Å²) >= 11 is -0.157. The minimum absolute atomic E-state index is 0.157. The van der Waals surface area contributed by atoms with Gasteiger partial charge in [0, 0.05) is 0 Å². The molecule has 0 aliphatic heterocycles. The van der Waals surface area contributed by atoms with Gasteiger partial charge in [0.05, 0.1) is 0 Å². The second-order valence-electron chi connectivity index (χ2n) is 5.10. The van der Waals surface area contributed by atoms with Crippen LogP contribution in [0.5, 0.6) is 0 Å². The maximum absolute atomic E-state index is 2.51. The Labute approximate surface area is 124 Å². The van der Waals surface area contributed by atoms with E-state index in [1.165, 1.54) is 22.2 Å². The average molecular weight is 364 g/mol. The Morgan fingerprint density at radius 2 is 1.63 bits per heavy atom. The summed E-state index contributed by atoms with van der Waals surface area (Å²) in [6.45, 7) is 7.74. The molecule has 0 fully saturated rings. The van der Waals surface area contributed by atoms with Gasteiger partial charge in [0.25, 0.3) is 0 Å². The number of hydrogen-bond acceptors (Lipinski definition) is 0. The average Bonchev–Trinajstić information content (AvgIpc) is 2.68. The standard InChI is InChI=1S/C17H18NTe/c1-12-9-16-17(10-13(12)2)19-14(3)18(16)11-15-7-5-4-6-8-15/h4-10H,11H2,1-3H3/q+1. The van der Waals surface area contributed by atoms with Crippen LogP contribution in [0, 0.1) is 20.8 Å². The van der Waals surface area contributed by atoms with Crippen LogP contribution in [-0.4, -0.2) is 20.4 Å². The summed E-state index contributed by atoms with van der Waals surface area (Å²) in [6.07, 6.45) is 0. The van der Waals surface area contributed by atoms with Crippen molar-refractivity contribution in [2.75, 3.05) is 0 Å². The summed E-state index contributed by atoms with van der Waals surface area (Å²) in [4.78, 5) is 0. The summed E-state index contributed by atoms with van der Waals surface area (Å²) in [7, 11) is 0. The van der Waals surface area contributed by atoms with Crippen molar-refractivity contribution in [3.05, 3.63) is 62.9 Å². The number of benzene rings is 2. The van der Waals surface area contributed by atoms with Crippen LogP contribution in [0.15, 0.2) is 42.5 Å². The van der Waals surface area contributed by atoms with Crippen molar-refractivity contribution in [1.29, 1.82) is 0 Å². The number of aryl methyl sites for hydroxylation is 3. The van der Waals surface area contributed by atoms with Gasteiger partial charge in [-0.25, -0.2) is 0 Å². The number of nitrogens with zero attached hydrogens (tertiary/aromatic N) is 1. The van der Waals surface area contributed by atoms with Crippen molar-refractivity contribution in [2.45, 2.75) is 27.3 Å². The van der Waals surface area contributed by atoms with Crippen molar-refractivity contribution >= 4 is 29.3 Å². The summed E-state index contributed by atoms with van der Waals surface area (Å²) in [6, 6.07) is 15.5. The van der Waals surface area contributed by atoms with E-state index in [0.29, 0.717) is 0 Å². The molecule has 0 N–H and O–H groups in total. The molecule has 0 radical (unpaired) electrons. The molecule has 0 aliphatic rings. The third-order valence-electron chi connectivity index (χ3n) is 3.69. The predicted molar refractivity (Wildman–Crippen MR) is 80.8 cm³/mol. The molecule has 0 spiro atoms. The first-order valence-corrected chi connectivity index (χ1v) is 8.92. The second-order valence-corrected chi connectivity index (χ2v) is 8.62. The summed E-state index contributed by atoms with van der Waals surface area (Å²) in [5.74, 6) is 0. The molecule has 0 saturated carbocycles. The first-order valence-electron chi connectivity index (χ1n) is 6.59. The Morgan fingerprint density at radius 1 is 0.947 bits per heavy atom. The van der Waals surface area contributed by atoms with Crippen LogP contribution in [0.4, 0.5) is 0 Å². The van der Waals surface area contributed by atoms with E-state index >= 15 is 0 Å². The Balaban J connectivity index is 2.13. The Kier molecular flexibility index (Phi) is 3.48. The molecule has 19 heavy (non-hydrogen) atoms. The zero-order valence-corrected chi connectivity index (χ0v) is 13.9. The van der Waals surface area contributed by atoms with Crippen molar-refractivity contribution in [3.8, 4) is 0 Å². The Hall–Kier alpha value is -1.10. The van der Waals surface area contributed by atoms with E-state index < -0.39 is 0 Å². The monoisotopic (exact) mass is 366 g/mol. The predicted octanol–water partition coefficient (Wildman–Crippen LogP) is 3.16. The van der Waals surface area contributed by atoms with Gasteiger partial charge in [0.2, 0.25) is 0 Å². The molecule has 3 aromatic rings.